The molecular formula is C31H39BrN2O2. The number of fused-ring (bicyclic) bond motifs is 4. The lowest BCUT2D eigenvalue weighted by Crippen LogP contribution is -3.00. The summed E-state index contributed by atoms with van der Waals surface area (Å²) in [7, 11) is 1.77. The summed E-state index contributed by atoms with van der Waals surface area (Å²) < 4.78 is 6.72. The number of hydrogen-bond acceptors (Lipinski definition) is 3. The number of pyridine rings is 1. The Balaban J connectivity index is 0.00000304. The quantitative estimate of drug-likeness (QED) is 0.378. The van der Waals surface area contributed by atoms with Crippen molar-refractivity contribution in [3.8, 4) is 5.75 Å². The molecule has 36 heavy (non-hydrogen) atoms. The van der Waals surface area contributed by atoms with Crippen LogP contribution in [0.15, 0.2) is 67.4 Å². The third-order valence-corrected chi connectivity index (χ3v) is 8.61. The molecule has 2 aromatic carbocycles. The molecule has 1 N–H and O–H groups in total. The molecule has 192 valence electrons. The van der Waals surface area contributed by atoms with Gasteiger partial charge in [0.2, 0.25) is 0 Å². The largest absolute Gasteiger partial charge is 1.00 e. The predicted octanol–water partition coefficient (Wildman–Crippen LogP) is 3.19. The Hall–Kier alpha value is -2.21. The molecule has 2 unspecified atom stereocenters. The van der Waals surface area contributed by atoms with Gasteiger partial charge in [-0.3, -0.25) is 4.98 Å². The van der Waals surface area contributed by atoms with Crippen LogP contribution in [0.1, 0.15) is 56.4 Å². The molecule has 3 aliphatic rings. The van der Waals surface area contributed by atoms with Crippen LogP contribution in [0.5, 0.6) is 5.75 Å². The van der Waals surface area contributed by atoms with Crippen LogP contribution >= 0.6 is 0 Å². The smallest absolute Gasteiger partial charge is 0.131 e. The topological polar surface area (TPSA) is 42.4 Å². The Morgan fingerprint density at radius 1 is 1.19 bits per heavy atom. The second-order valence-corrected chi connectivity index (χ2v) is 11.7. The Kier molecular flexibility index (Phi) is 7.66. The highest BCUT2D eigenvalue weighted by atomic mass is 79.9. The number of piperidine rings is 3. The standard InChI is InChI=1S/C31H39N2O2.BrH/c1-6-22-20-33(19-21-11-12-26(31(2,3)4)29(17-21)35-5)16-14-23(22)18-28(33)30(34)25-13-15-32-27-10-8-7-9-24(25)27;/h6-13,15,17,22-23,28,30,34H,1,14,16,18-20H2,2-5H3;1H/q+1;/p-1/t22-,23?,28-,30+,33?;/m0./s1. The fourth-order valence-corrected chi connectivity index (χ4v) is 6.78. The maximum Gasteiger partial charge on any atom is 0.131 e. The van der Waals surface area contributed by atoms with E-state index < -0.39 is 6.10 Å². The molecule has 0 radical (unpaired) electrons. The number of quaternary nitrogens is 1. The lowest BCUT2D eigenvalue weighted by molar-refractivity contribution is -0.984. The van der Waals surface area contributed by atoms with Crippen LogP contribution in [0.3, 0.4) is 0 Å². The summed E-state index contributed by atoms with van der Waals surface area (Å²) in [5.41, 5.74) is 4.47. The summed E-state index contributed by atoms with van der Waals surface area (Å²) in [6.45, 7) is 13.9. The molecule has 6 rings (SSSR count). The van der Waals surface area contributed by atoms with E-state index in [9.17, 15) is 5.11 Å². The van der Waals surface area contributed by atoms with Crippen LogP contribution < -0.4 is 21.7 Å². The number of halogens is 1. The van der Waals surface area contributed by atoms with E-state index in [4.69, 9.17) is 4.74 Å². The maximum atomic E-state index is 11.9. The second-order valence-electron chi connectivity index (χ2n) is 11.7. The number of methoxy groups -OCH3 is 1. The van der Waals surface area contributed by atoms with Crippen molar-refractivity contribution in [1.82, 2.24) is 4.98 Å². The van der Waals surface area contributed by atoms with E-state index in [2.05, 4.69) is 62.7 Å². The van der Waals surface area contributed by atoms with Gasteiger partial charge < -0.3 is 31.3 Å². The van der Waals surface area contributed by atoms with Crippen molar-refractivity contribution in [2.24, 2.45) is 11.8 Å². The molecule has 5 atom stereocenters. The van der Waals surface area contributed by atoms with Gasteiger partial charge in [0.15, 0.2) is 0 Å². The van der Waals surface area contributed by atoms with E-state index in [1.807, 2.05) is 30.5 Å². The lowest BCUT2D eigenvalue weighted by Gasteiger charge is -2.58. The fourth-order valence-electron chi connectivity index (χ4n) is 6.78. The number of aromatic nitrogens is 1. The Bertz CT molecular complexity index is 1230. The molecule has 0 saturated carbocycles. The van der Waals surface area contributed by atoms with E-state index >= 15 is 0 Å². The van der Waals surface area contributed by atoms with Crippen molar-refractivity contribution in [1.29, 1.82) is 0 Å². The van der Waals surface area contributed by atoms with Gasteiger partial charge in [-0.25, -0.2) is 0 Å². The average Bonchev–Trinajstić information content (AvgIpc) is 2.87. The summed E-state index contributed by atoms with van der Waals surface area (Å²) >= 11 is 0. The number of nitrogens with zero attached hydrogens (tertiary/aromatic N) is 2. The highest BCUT2D eigenvalue weighted by Gasteiger charge is 2.54. The van der Waals surface area contributed by atoms with E-state index in [0.29, 0.717) is 11.8 Å². The minimum absolute atomic E-state index is 0. The molecule has 1 aromatic heterocycles. The zero-order valence-electron chi connectivity index (χ0n) is 22.0. The van der Waals surface area contributed by atoms with Crippen molar-refractivity contribution in [2.45, 2.75) is 57.7 Å². The van der Waals surface area contributed by atoms with E-state index in [0.717, 1.165) is 52.8 Å². The molecule has 3 aromatic rings. The van der Waals surface area contributed by atoms with Crippen LogP contribution in [0.2, 0.25) is 0 Å². The van der Waals surface area contributed by atoms with E-state index in [1.165, 1.54) is 17.5 Å². The van der Waals surface area contributed by atoms with E-state index in [-0.39, 0.29) is 28.4 Å². The second kappa shape index (κ2) is 10.3. The Morgan fingerprint density at radius 2 is 1.97 bits per heavy atom. The first-order valence-corrected chi connectivity index (χ1v) is 12.9. The highest BCUT2D eigenvalue weighted by Crippen LogP contribution is 2.48. The molecule has 0 spiro atoms. The molecule has 4 heterocycles. The van der Waals surface area contributed by atoms with Gasteiger partial charge in [0.1, 0.15) is 24.4 Å². The molecule has 4 nitrogen and oxygen atoms in total. The van der Waals surface area contributed by atoms with Gasteiger partial charge in [0.05, 0.1) is 25.7 Å². The summed E-state index contributed by atoms with van der Waals surface area (Å²) in [5.74, 6) is 2.05. The Labute approximate surface area is 226 Å². The number of ether oxygens (including phenoxy) is 1. The zero-order chi connectivity index (χ0) is 24.8. The van der Waals surface area contributed by atoms with Crippen molar-refractivity contribution in [2.75, 3.05) is 20.2 Å². The molecule has 0 aliphatic carbocycles. The number of aliphatic hydroxyl groups excluding tert-OH is 1. The van der Waals surface area contributed by atoms with Crippen molar-refractivity contribution < 1.29 is 31.3 Å². The SMILES string of the molecule is C=C[C@H]1C[N+]2(Cc3ccc(C(C)(C)C)c(OC)c3)CCC1C[C@H]2[C@H](O)c1ccnc2ccccc12.[Br-]. The molecule has 5 heteroatoms. The fraction of sp³-hybridized carbons (Fsp3) is 0.452. The first-order chi connectivity index (χ1) is 16.8. The number of hydrogen-bond donors (Lipinski definition) is 1. The maximum absolute atomic E-state index is 11.9. The van der Waals surface area contributed by atoms with Gasteiger partial charge in [-0.05, 0) is 40.7 Å². The monoisotopic (exact) mass is 550 g/mol. The molecule has 3 fully saturated rings. The van der Waals surface area contributed by atoms with Gasteiger partial charge in [-0.1, -0.05) is 57.2 Å². The molecule has 3 saturated heterocycles. The van der Waals surface area contributed by atoms with Crippen molar-refractivity contribution in [3.05, 3.63) is 84.1 Å². The molecular weight excluding hydrogens is 512 g/mol. The molecule has 2 bridgehead atoms. The van der Waals surface area contributed by atoms with Crippen LogP contribution in [0.4, 0.5) is 0 Å². The molecule has 3 aliphatic heterocycles. The third-order valence-electron chi connectivity index (χ3n) is 8.61. The highest BCUT2D eigenvalue weighted by molar-refractivity contribution is 5.82. The number of rotatable bonds is 6. The first kappa shape index (κ1) is 26.8. The summed E-state index contributed by atoms with van der Waals surface area (Å²) in [4.78, 5) is 4.53. The van der Waals surface area contributed by atoms with Crippen LogP contribution in [0, 0.1) is 11.8 Å². The van der Waals surface area contributed by atoms with Gasteiger partial charge >= 0.3 is 0 Å². The first-order valence-electron chi connectivity index (χ1n) is 12.9. The summed E-state index contributed by atoms with van der Waals surface area (Å²) in [6, 6.07) is 17.0. The van der Waals surface area contributed by atoms with Gasteiger partial charge in [-0.2, -0.15) is 0 Å². The number of benzene rings is 2. The van der Waals surface area contributed by atoms with Gasteiger partial charge in [0.25, 0.3) is 0 Å². The lowest BCUT2D eigenvalue weighted by atomic mass is 9.71. The third kappa shape index (κ3) is 4.73. The normalized spacial score (nSPS) is 26.3. The van der Waals surface area contributed by atoms with E-state index in [1.54, 1.807) is 7.11 Å². The van der Waals surface area contributed by atoms with Crippen LogP contribution in [-0.2, 0) is 12.0 Å². The van der Waals surface area contributed by atoms with Gasteiger partial charge in [-0.15, -0.1) is 6.58 Å². The zero-order valence-corrected chi connectivity index (χ0v) is 23.5. The number of para-hydroxylation sites is 1. The Morgan fingerprint density at radius 3 is 2.69 bits per heavy atom. The summed E-state index contributed by atoms with van der Waals surface area (Å²) in [5, 5.41) is 13.0. The minimum Gasteiger partial charge on any atom is -1.00 e. The van der Waals surface area contributed by atoms with Crippen LogP contribution in [0.25, 0.3) is 10.9 Å². The summed E-state index contributed by atoms with van der Waals surface area (Å²) in [6.07, 6.45) is 5.67. The van der Waals surface area contributed by atoms with Crippen molar-refractivity contribution >= 4 is 10.9 Å². The minimum atomic E-state index is -0.535. The van der Waals surface area contributed by atoms with Crippen LogP contribution in [-0.4, -0.2) is 40.8 Å². The molecule has 0 amide bonds. The van der Waals surface area contributed by atoms with Gasteiger partial charge in [0, 0.05) is 35.9 Å². The predicted molar refractivity (Wildman–Crippen MR) is 142 cm³/mol. The number of aliphatic hydroxyl groups is 1. The average molecular weight is 552 g/mol. The van der Waals surface area contributed by atoms with Crippen molar-refractivity contribution in [3.63, 3.8) is 0 Å².